The number of rotatable bonds is 34. The molecule has 0 amide bonds. The van der Waals surface area contributed by atoms with Gasteiger partial charge < -0.3 is 0 Å². The molecule has 0 radical (unpaired) electrons. The van der Waals surface area contributed by atoms with E-state index in [1.165, 1.54) is 198 Å². The third-order valence-corrected chi connectivity index (χ3v) is 9.76. The van der Waals surface area contributed by atoms with Crippen LogP contribution in [0.25, 0.3) is 0 Å². The predicted molar refractivity (Wildman–Crippen MR) is 201 cm³/mol. The zero-order valence-corrected chi connectivity index (χ0v) is 30.9. The number of hydrogen-bond donors (Lipinski definition) is 0. The second kappa shape index (κ2) is 32.1. The van der Waals surface area contributed by atoms with E-state index in [2.05, 4.69) is 62.9 Å². The van der Waals surface area contributed by atoms with Gasteiger partial charge in [0.1, 0.15) is 0 Å². The van der Waals surface area contributed by atoms with E-state index in [0.717, 1.165) is 18.4 Å². The molecule has 0 saturated heterocycles. The number of nitrogens with zero attached hydrogens (tertiary/aromatic N) is 1. The lowest BCUT2D eigenvalue weighted by molar-refractivity contribution is 0.252. The Kier molecular flexibility index (Phi) is 30.1. The Hall–Kier alpha value is -0.820. The topological polar surface area (TPSA) is 3.24 Å². The first-order valence-corrected chi connectivity index (χ1v) is 20.3. The van der Waals surface area contributed by atoms with E-state index in [-0.39, 0.29) is 0 Å². The average Bonchev–Trinajstić information content (AvgIpc) is 3.01. The molecule has 0 aliphatic rings. The van der Waals surface area contributed by atoms with Gasteiger partial charge in [-0.05, 0) is 43.3 Å². The smallest absolute Gasteiger partial charge is 0.0233 e. The maximum Gasteiger partial charge on any atom is 0.0233 e. The van der Waals surface area contributed by atoms with Crippen LogP contribution >= 0.6 is 0 Å². The van der Waals surface area contributed by atoms with Gasteiger partial charge in [-0.2, -0.15) is 0 Å². The number of benzene rings is 1. The molecule has 1 heteroatoms. The number of unbranched alkanes of at least 4 members (excludes halogenated alkanes) is 24. The minimum Gasteiger partial charge on any atom is -0.299 e. The van der Waals surface area contributed by atoms with Crippen LogP contribution in [0.15, 0.2) is 30.3 Å². The largest absolute Gasteiger partial charge is 0.299 e. The summed E-state index contributed by atoms with van der Waals surface area (Å²) in [5.74, 6) is 1.77. The van der Waals surface area contributed by atoms with Crippen molar-refractivity contribution in [3.05, 3.63) is 35.9 Å². The standard InChI is InChI=1S/C43H81N/c1-41(2)34-28-23-19-15-11-7-5-9-13-17-21-25-32-38-44(40-43-36-30-27-31-37-43)39-33-26-22-18-14-10-6-8-12-16-20-24-29-35-42(3)4/h27,30-31,36-37,41-42H,5-26,28-29,32-35,38-40H2,1-4H3. The van der Waals surface area contributed by atoms with E-state index in [0.29, 0.717) is 0 Å². The molecule has 44 heavy (non-hydrogen) atoms. The molecule has 0 saturated carbocycles. The first kappa shape index (κ1) is 41.2. The molecule has 258 valence electrons. The zero-order chi connectivity index (χ0) is 31.8. The number of hydrogen-bond acceptors (Lipinski definition) is 1. The summed E-state index contributed by atoms with van der Waals surface area (Å²) in [6.07, 6.45) is 40.5. The van der Waals surface area contributed by atoms with Crippen LogP contribution in [-0.4, -0.2) is 18.0 Å². The highest BCUT2D eigenvalue weighted by atomic mass is 15.1. The molecule has 1 nitrogen and oxygen atoms in total. The van der Waals surface area contributed by atoms with Gasteiger partial charge in [-0.3, -0.25) is 4.90 Å². The molecule has 0 unspecified atom stereocenters. The molecule has 0 fully saturated rings. The van der Waals surface area contributed by atoms with Crippen molar-refractivity contribution in [2.24, 2.45) is 11.8 Å². The quantitative estimate of drug-likeness (QED) is 0.0701. The van der Waals surface area contributed by atoms with Crippen molar-refractivity contribution in [1.82, 2.24) is 4.90 Å². The van der Waals surface area contributed by atoms with E-state index in [9.17, 15) is 0 Å². The minimum atomic E-state index is 0.886. The molecular weight excluding hydrogens is 530 g/mol. The Morgan fingerprint density at radius 1 is 0.364 bits per heavy atom. The molecule has 0 N–H and O–H groups in total. The third-order valence-electron chi connectivity index (χ3n) is 9.76. The molecule has 1 aromatic carbocycles. The molecule has 1 aromatic rings. The fraction of sp³-hybridized carbons (Fsp3) is 0.860. The van der Waals surface area contributed by atoms with Crippen LogP contribution in [0.2, 0.25) is 0 Å². The average molecular weight is 612 g/mol. The summed E-state index contributed by atoms with van der Waals surface area (Å²) in [5, 5.41) is 0. The highest BCUT2D eigenvalue weighted by Crippen LogP contribution is 2.17. The van der Waals surface area contributed by atoms with Gasteiger partial charge in [0, 0.05) is 6.54 Å². The SMILES string of the molecule is CC(C)CCCCCCCCCCCCCCCN(CCCCCCCCCCCCCCCC(C)C)Cc1ccccc1. The maximum absolute atomic E-state index is 2.75. The summed E-state index contributed by atoms with van der Waals surface area (Å²) in [4.78, 5) is 2.75. The van der Waals surface area contributed by atoms with Gasteiger partial charge in [0.05, 0.1) is 0 Å². The molecule has 0 atom stereocenters. The summed E-state index contributed by atoms with van der Waals surface area (Å²) < 4.78 is 0. The fourth-order valence-electron chi connectivity index (χ4n) is 6.78. The molecule has 0 spiro atoms. The van der Waals surface area contributed by atoms with E-state index in [1.807, 2.05) is 0 Å². The molecule has 0 heterocycles. The Labute approximate surface area is 279 Å². The monoisotopic (exact) mass is 612 g/mol. The zero-order valence-electron chi connectivity index (χ0n) is 30.9. The van der Waals surface area contributed by atoms with Crippen molar-refractivity contribution in [3.8, 4) is 0 Å². The van der Waals surface area contributed by atoms with Crippen molar-refractivity contribution in [2.75, 3.05) is 13.1 Å². The van der Waals surface area contributed by atoms with Gasteiger partial charge in [-0.25, -0.2) is 0 Å². The first-order valence-electron chi connectivity index (χ1n) is 20.3. The van der Waals surface area contributed by atoms with E-state index in [1.54, 1.807) is 0 Å². The molecule has 0 aliphatic heterocycles. The van der Waals surface area contributed by atoms with Gasteiger partial charge >= 0.3 is 0 Å². The van der Waals surface area contributed by atoms with Crippen molar-refractivity contribution in [3.63, 3.8) is 0 Å². The van der Waals surface area contributed by atoms with Gasteiger partial charge in [0.15, 0.2) is 0 Å². The summed E-state index contributed by atoms with van der Waals surface area (Å²) in [6.45, 7) is 13.1. The Balaban J connectivity index is 1.99. The maximum atomic E-state index is 2.75. The van der Waals surface area contributed by atoms with E-state index in [4.69, 9.17) is 0 Å². The fourth-order valence-corrected chi connectivity index (χ4v) is 6.78. The van der Waals surface area contributed by atoms with E-state index >= 15 is 0 Å². The van der Waals surface area contributed by atoms with Crippen LogP contribution < -0.4 is 0 Å². The van der Waals surface area contributed by atoms with Crippen molar-refractivity contribution in [2.45, 2.75) is 214 Å². The lowest BCUT2D eigenvalue weighted by Crippen LogP contribution is -2.25. The van der Waals surface area contributed by atoms with Crippen LogP contribution in [-0.2, 0) is 6.54 Å². The van der Waals surface area contributed by atoms with Gasteiger partial charge in [-0.15, -0.1) is 0 Å². The lowest BCUT2D eigenvalue weighted by atomic mass is 10.0. The van der Waals surface area contributed by atoms with Crippen LogP contribution in [0.4, 0.5) is 0 Å². The first-order chi connectivity index (χ1) is 21.6. The van der Waals surface area contributed by atoms with E-state index < -0.39 is 0 Å². The molecule has 1 rings (SSSR count). The van der Waals surface area contributed by atoms with Crippen LogP contribution in [0.5, 0.6) is 0 Å². The Bertz CT molecular complexity index is 627. The molecule has 0 bridgehead atoms. The van der Waals surface area contributed by atoms with Crippen LogP contribution in [0.3, 0.4) is 0 Å². The normalized spacial score (nSPS) is 11.9. The predicted octanol–water partition coefficient (Wildman–Crippen LogP) is 14.7. The van der Waals surface area contributed by atoms with Gasteiger partial charge in [0.2, 0.25) is 0 Å². The Morgan fingerprint density at radius 3 is 0.932 bits per heavy atom. The van der Waals surface area contributed by atoms with Gasteiger partial charge in [0.25, 0.3) is 0 Å². The molecule has 0 aliphatic carbocycles. The highest BCUT2D eigenvalue weighted by Gasteiger charge is 2.06. The van der Waals surface area contributed by atoms with Crippen molar-refractivity contribution < 1.29 is 0 Å². The second-order valence-corrected chi connectivity index (χ2v) is 15.3. The highest BCUT2D eigenvalue weighted by molar-refractivity contribution is 5.14. The lowest BCUT2D eigenvalue weighted by Gasteiger charge is -2.22. The summed E-state index contributed by atoms with van der Waals surface area (Å²) in [7, 11) is 0. The second-order valence-electron chi connectivity index (χ2n) is 15.3. The summed E-state index contributed by atoms with van der Waals surface area (Å²) in [6, 6.07) is 11.2. The van der Waals surface area contributed by atoms with Crippen molar-refractivity contribution >= 4 is 0 Å². The molecular formula is C43H81N. The third kappa shape index (κ3) is 29.9. The molecule has 0 aromatic heterocycles. The Morgan fingerprint density at radius 2 is 0.636 bits per heavy atom. The van der Waals surface area contributed by atoms with Gasteiger partial charge in [-0.1, -0.05) is 225 Å². The minimum absolute atomic E-state index is 0.886. The van der Waals surface area contributed by atoms with Crippen LogP contribution in [0, 0.1) is 11.8 Å². The summed E-state index contributed by atoms with van der Waals surface area (Å²) in [5.41, 5.74) is 1.48. The summed E-state index contributed by atoms with van der Waals surface area (Å²) >= 11 is 0. The van der Waals surface area contributed by atoms with Crippen LogP contribution in [0.1, 0.15) is 213 Å². The van der Waals surface area contributed by atoms with Crippen molar-refractivity contribution in [1.29, 1.82) is 0 Å².